The van der Waals surface area contributed by atoms with Crippen LogP contribution in [-0.4, -0.2) is 93.3 Å². The molecular weight excluding hydrogens is 877 g/mol. The van der Waals surface area contributed by atoms with E-state index < -0.39 is 51.0 Å². The van der Waals surface area contributed by atoms with Gasteiger partial charge in [-0.2, -0.15) is 17.6 Å². The normalized spacial score (nSPS) is 11.4. The average molecular weight is 926 g/mol. The summed E-state index contributed by atoms with van der Waals surface area (Å²) in [5.74, 6) is -2.13. The van der Waals surface area contributed by atoms with E-state index in [4.69, 9.17) is 5.11 Å². The molecule has 4 aromatic carbocycles. The summed E-state index contributed by atoms with van der Waals surface area (Å²) in [6.45, 7) is -7.38. The van der Waals surface area contributed by atoms with E-state index in [0.29, 0.717) is 45.5 Å². The van der Waals surface area contributed by atoms with Crippen LogP contribution in [0.15, 0.2) is 122 Å². The standard InChI is InChI=1S/C23H22F3N3O3.C20H17F2N3O4.C2H6FN.CH4/c24-11-1-2-21(31)20(14-30)16-3-7-18(8-4-16)29-23-27-12-17(13-28-23)15-5-9-19(10-6-15)32-22(25)26;21-19(22)29-16-7-3-12(4-8-16)14-9-23-20(24-10-14)25-15-5-1-13(2-6-15)17(11-26)18(27)28;3-1-2-4;/h3-10,12-13,20,22,30H,1-2,11,14H2,(H,27,28,29);1-10,17,19,26H,11H2,(H,27,28)(H,23,24,25);1-2,4H2;1H4. The topological polar surface area (TPSA) is 215 Å². The molecule has 2 heterocycles. The molecule has 6 aromatic rings. The molecule has 0 aliphatic carbocycles. The summed E-state index contributed by atoms with van der Waals surface area (Å²) in [4.78, 5) is 40.1. The fraction of sp³-hybridized carbons (Fsp3) is 0.261. The Balaban J connectivity index is 0.000000321. The number of Topliss-reactive ketones (excluding diaryl/α,β-unsaturated/α-hetero) is 1. The van der Waals surface area contributed by atoms with Crippen LogP contribution in [0.3, 0.4) is 0 Å². The number of ketones is 1. The van der Waals surface area contributed by atoms with Crippen molar-refractivity contribution >= 4 is 35.0 Å². The summed E-state index contributed by atoms with van der Waals surface area (Å²) in [6, 6.07) is 25.7. The van der Waals surface area contributed by atoms with Gasteiger partial charge < -0.3 is 41.2 Å². The number of carboxylic acid groups (broad SMARTS) is 1. The first-order valence-electron chi connectivity index (χ1n) is 19.7. The minimum Gasteiger partial charge on any atom is -0.481 e. The van der Waals surface area contributed by atoms with Gasteiger partial charge >= 0.3 is 19.2 Å². The maximum absolute atomic E-state index is 12.3. The summed E-state index contributed by atoms with van der Waals surface area (Å²) in [7, 11) is 0. The smallest absolute Gasteiger partial charge is 0.387 e. The van der Waals surface area contributed by atoms with Gasteiger partial charge in [0.25, 0.3) is 0 Å². The minimum atomic E-state index is -2.88. The number of alkyl halides is 6. The Bertz CT molecular complexity index is 2320. The van der Waals surface area contributed by atoms with Crippen LogP contribution in [0.4, 0.5) is 49.6 Å². The van der Waals surface area contributed by atoms with Crippen molar-refractivity contribution in [3.8, 4) is 33.8 Å². The van der Waals surface area contributed by atoms with Crippen molar-refractivity contribution in [1.29, 1.82) is 0 Å². The Labute approximate surface area is 376 Å². The van der Waals surface area contributed by atoms with Crippen molar-refractivity contribution in [3.05, 3.63) is 133 Å². The molecule has 0 aliphatic rings. The van der Waals surface area contributed by atoms with Gasteiger partial charge in [0, 0.05) is 60.3 Å². The Morgan fingerprint density at radius 1 is 0.576 bits per heavy atom. The first-order chi connectivity index (χ1) is 31.4. The molecule has 0 aliphatic heterocycles. The lowest BCUT2D eigenvalue weighted by Crippen LogP contribution is -2.16. The number of carbonyl (C=O) groups excluding carboxylic acids is 1. The van der Waals surface area contributed by atoms with Gasteiger partial charge in [0.05, 0.1) is 25.8 Å². The van der Waals surface area contributed by atoms with E-state index in [1.807, 2.05) is 0 Å². The maximum atomic E-state index is 12.3. The first kappa shape index (κ1) is 53.2. The molecule has 0 fully saturated rings. The summed E-state index contributed by atoms with van der Waals surface area (Å²) >= 11 is 0. The van der Waals surface area contributed by atoms with E-state index in [1.54, 1.807) is 97.6 Å². The highest BCUT2D eigenvalue weighted by Crippen LogP contribution is 2.27. The number of carbonyl (C=O) groups is 2. The second-order valence-corrected chi connectivity index (χ2v) is 13.4. The van der Waals surface area contributed by atoms with Crippen LogP contribution in [0, 0.1) is 0 Å². The fourth-order valence-electron chi connectivity index (χ4n) is 5.73. The number of hydrogen-bond acceptors (Lipinski definition) is 13. The van der Waals surface area contributed by atoms with Gasteiger partial charge in [0.2, 0.25) is 11.9 Å². The number of carboxylic acids is 1. The minimum absolute atomic E-state index is 0. The van der Waals surface area contributed by atoms with E-state index in [0.717, 1.165) is 11.1 Å². The van der Waals surface area contributed by atoms with E-state index in [-0.39, 0.29) is 50.7 Å². The van der Waals surface area contributed by atoms with Crippen LogP contribution in [-0.2, 0) is 9.59 Å². The largest absolute Gasteiger partial charge is 0.481 e. The number of halogens is 6. The molecule has 352 valence electrons. The highest BCUT2D eigenvalue weighted by Gasteiger charge is 2.20. The number of aliphatic hydroxyl groups is 2. The van der Waals surface area contributed by atoms with Crippen LogP contribution in [0.25, 0.3) is 22.3 Å². The molecule has 20 heteroatoms. The predicted octanol–water partition coefficient (Wildman–Crippen LogP) is 9.08. The molecule has 14 nitrogen and oxygen atoms in total. The molecule has 6 rings (SSSR count). The van der Waals surface area contributed by atoms with Crippen molar-refractivity contribution in [2.75, 3.05) is 43.7 Å². The van der Waals surface area contributed by atoms with Crippen LogP contribution < -0.4 is 25.8 Å². The number of nitrogens with two attached hydrogens (primary N) is 1. The van der Waals surface area contributed by atoms with Gasteiger partial charge in [-0.3, -0.25) is 14.0 Å². The summed E-state index contributed by atoms with van der Waals surface area (Å²) in [5.41, 5.74) is 10.0. The van der Waals surface area contributed by atoms with Gasteiger partial charge in [-0.25, -0.2) is 24.3 Å². The zero-order chi connectivity index (χ0) is 47.1. The number of benzene rings is 4. The van der Waals surface area contributed by atoms with Gasteiger partial charge in [0.15, 0.2) is 0 Å². The second kappa shape index (κ2) is 27.9. The molecular formula is C46H49F6N7O7. The molecule has 0 amide bonds. The van der Waals surface area contributed by atoms with E-state index in [1.165, 1.54) is 24.3 Å². The molecule has 0 saturated carbocycles. The van der Waals surface area contributed by atoms with Gasteiger partial charge in [-0.05, 0) is 77.2 Å². The predicted molar refractivity (Wildman–Crippen MR) is 237 cm³/mol. The van der Waals surface area contributed by atoms with E-state index >= 15 is 0 Å². The lowest BCUT2D eigenvalue weighted by atomic mass is 9.93. The third-order valence-electron chi connectivity index (χ3n) is 8.99. The zero-order valence-corrected chi connectivity index (χ0v) is 34.4. The van der Waals surface area contributed by atoms with Crippen molar-refractivity contribution in [2.45, 2.75) is 45.3 Å². The first-order valence-corrected chi connectivity index (χ1v) is 19.7. The quantitative estimate of drug-likeness (QED) is 0.0394. The van der Waals surface area contributed by atoms with Gasteiger partial charge in [-0.15, -0.1) is 0 Å². The Hall–Kier alpha value is -7.16. The number of anilines is 4. The van der Waals surface area contributed by atoms with Crippen LogP contribution in [0.1, 0.15) is 43.2 Å². The third kappa shape index (κ3) is 17.1. The van der Waals surface area contributed by atoms with E-state index in [9.17, 15) is 46.1 Å². The maximum Gasteiger partial charge on any atom is 0.387 e. The number of aromatic nitrogens is 4. The SMILES string of the molecule is C.NCCF.O=C(CCCF)C(CO)c1ccc(Nc2ncc(-c3ccc(OC(F)F)cc3)cn2)cc1.O=C(O)C(CO)c1ccc(Nc2ncc(-c3ccc(OC(F)F)cc3)cn2)cc1. The van der Waals surface area contributed by atoms with Crippen molar-refractivity contribution in [1.82, 2.24) is 19.9 Å². The van der Waals surface area contributed by atoms with Crippen LogP contribution in [0.5, 0.6) is 11.5 Å². The fourth-order valence-corrected chi connectivity index (χ4v) is 5.73. The molecule has 0 spiro atoms. The summed E-state index contributed by atoms with van der Waals surface area (Å²) < 4.78 is 80.4. The lowest BCUT2D eigenvalue weighted by molar-refractivity contribution is -0.139. The highest BCUT2D eigenvalue weighted by atomic mass is 19.3. The zero-order valence-electron chi connectivity index (χ0n) is 34.4. The van der Waals surface area contributed by atoms with Crippen molar-refractivity contribution in [2.24, 2.45) is 5.73 Å². The second-order valence-electron chi connectivity index (χ2n) is 13.4. The molecule has 0 saturated heterocycles. The van der Waals surface area contributed by atoms with Gasteiger partial charge in [0.1, 0.15) is 29.9 Å². The number of ether oxygens (including phenoxy) is 2. The summed E-state index contributed by atoms with van der Waals surface area (Å²) in [5, 5.41) is 33.8. The number of hydrogen-bond donors (Lipinski definition) is 6. The number of aliphatic hydroxyl groups excluding tert-OH is 2. The van der Waals surface area contributed by atoms with Crippen LogP contribution in [0.2, 0.25) is 0 Å². The number of nitrogens with zero attached hydrogens (tertiary/aromatic N) is 4. The Kier molecular flexibility index (Phi) is 22.5. The molecule has 0 radical (unpaired) electrons. The van der Waals surface area contributed by atoms with Gasteiger partial charge in [-0.1, -0.05) is 56.0 Å². The lowest BCUT2D eigenvalue weighted by Gasteiger charge is -2.14. The van der Waals surface area contributed by atoms with Crippen LogP contribution >= 0.6 is 0 Å². The van der Waals surface area contributed by atoms with E-state index in [2.05, 4.69) is 45.8 Å². The van der Waals surface area contributed by atoms with Crippen molar-refractivity contribution in [3.63, 3.8) is 0 Å². The average Bonchev–Trinajstić information content (AvgIpc) is 3.31. The third-order valence-corrected chi connectivity index (χ3v) is 8.99. The molecule has 7 N–H and O–H groups in total. The number of nitrogens with one attached hydrogen (secondary N) is 2. The molecule has 2 atom stereocenters. The Morgan fingerprint density at radius 2 is 0.939 bits per heavy atom. The van der Waals surface area contributed by atoms with Crippen molar-refractivity contribution < 1.29 is 60.7 Å². The monoisotopic (exact) mass is 925 g/mol. The number of aliphatic carboxylic acids is 1. The summed E-state index contributed by atoms with van der Waals surface area (Å²) in [6.07, 6.45) is 6.59. The number of rotatable bonds is 20. The highest BCUT2D eigenvalue weighted by molar-refractivity contribution is 5.86. The molecule has 2 unspecified atom stereocenters. The molecule has 66 heavy (non-hydrogen) atoms. The molecule has 0 bridgehead atoms. The molecule has 2 aromatic heterocycles. The Morgan fingerprint density at radius 3 is 1.24 bits per heavy atom.